The predicted molar refractivity (Wildman–Crippen MR) is 45.8 cm³/mol. The third-order valence-corrected chi connectivity index (χ3v) is 2.60. The number of aromatic amines is 1. The Morgan fingerprint density at radius 2 is 2.50 bits per heavy atom. The summed E-state index contributed by atoms with van der Waals surface area (Å²) in [5.41, 5.74) is 6.79. The highest BCUT2D eigenvalue weighted by atomic mass is 16.5. The fourth-order valence-corrected chi connectivity index (χ4v) is 1.51. The number of nitrogen functional groups attached to an aromatic ring is 1. The SMILES string of the molecule is CCC1(c2cc(N)n[nH]2)COC1. The van der Waals surface area contributed by atoms with E-state index in [0.29, 0.717) is 5.82 Å². The fraction of sp³-hybridized carbons (Fsp3) is 0.625. The van der Waals surface area contributed by atoms with Crippen LogP contribution in [0.4, 0.5) is 5.82 Å². The van der Waals surface area contributed by atoms with Crippen molar-refractivity contribution in [3.05, 3.63) is 11.8 Å². The second kappa shape index (κ2) is 2.48. The molecule has 0 spiro atoms. The molecule has 1 aromatic rings. The molecule has 0 atom stereocenters. The molecule has 2 heterocycles. The van der Waals surface area contributed by atoms with Gasteiger partial charge in [0.15, 0.2) is 0 Å². The van der Waals surface area contributed by atoms with E-state index in [-0.39, 0.29) is 5.41 Å². The van der Waals surface area contributed by atoms with Crippen molar-refractivity contribution in [3.8, 4) is 0 Å². The molecule has 0 unspecified atom stereocenters. The maximum Gasteiger partial charge on any atom is 0.145 e. The molecule has 0 amide bonds. The molecule has 3 N–H and O–H groups in total. The quantitative estimate of drug-likeness (QED) is 0.680. The molecule has 0 bridgehead atoms. The third-order valence-electron chi connectivity index (χ3n) is 2.60. The molecule has 2 rings (SSSR count). The average Bonchev–Trinajstić information content (AvgIpc) is 2.35. The summed E-state index contributed by atoms with van der Waals surface area (Å²) in [5, 5.41) is 6.85. The van der Waals surface area contributed by atoms with E-state index in [1.165, 1.54) is 0 Å². The lowest BCUT2D eigenvalue weighted by Gasteiger charge is -2.39. The van der Waals surface area contributed by atoms with E-state index in [0.717, 1.165) is 25.3 Å². The smallest absolute Gasteiger partial charge is 0.145 e. The van der Waals surface area contributed by atoms with E-state index in [9.17, 15) is 0 Å². The predicted octanol–water partition coefficient (Wildman–Crippen LogP) is 0.670. The Morgan fingerprint density at radius 3 is 2.83 bits per heavy atom. The lowest BCUT2D eigenvalue weighted by Crippen LogP contribution is -2.46. The molecule has 12 heavy (non-hydrogen) atoms. The molecule has 0 radical (unpaired) electrons. The maximum absolute atomic E-state index is 5.53. The van der Waals surface area contributed by atoms with Gasteiger partial charge < -0.3 is 10.5 Å². The van der Waals surface area contributed by atoms with E-state index >= 15 is 0 Å². The maximum atomic E-state index is 5.53. The summed E-state index contributed by atoms with van der Waals surface area (Å²) in [4.78, 5) is 0. The highest BCUT2D eigenvalue weighted by molar-refractivity contribution is 5.33. The number of aromatic nitrogens is 2. The van der Waals surface area contributed by atoms with Crippen molar-refractivity contribution in [2.75, 3.05) is 18.9 Å². The van der Waals surface area contributed by atoms with Gasteiger partial charge in [0.05, 0.1) is 18.6 Å². The van der Waals surface area contributed by atoms with Crippen LogP contribution in [0.25, 0.3) is 0 Å². The highest BCUT2D eigenvalue weighted by Crippen LogP contribution is 2.34. The minimum Gasteiger partial charge on any atom is -0.382 e. The lowest BCUT2D eigenvalue weighted by atomic mass is 9.80. The van der Waals surface area contributed by atoms with Gasteiger partial charge in [0.2, 0.25) is 0 Å². The standard InChI is InChI=1S/C8H13N3O/c1-2-8(4-12-5-8)6-3-7(9)11-10-6/h3H,2,4-5H2,1H3,(H3,9,10,11). The van der Waals surface area contributed by atoms with Crippen molar-refractivity contribution in [1.82, 2.24) is 10.2 Å². The first-order chi connectivity index (χ1) is 5.77. The number of anilines is 1. The molecular formula is C8H13N3O. The molecule has 0 aromatic carbocycles. The van der Waals surface area contributed by atoms with Gasteiger partial charge in [0.1, 0.15) is 5.82 Å². The molecule has 1 saturated heterocycles. The third kappa shape index (κ3) is 0.914. The fourth-order valence-electron chi connectivity index (χ4n) is 1.51. The molecule has 1 aromatic heterocycles. The van der Waals surface area contributed by atoms with Crippen LogP contribution in [-0.4, -0.2) is 23.4 Å². The van der Waals surface area contributed by atoms with Crippen LogP contribution in [0.15, 0.2) is 6.07 Å². The highest BCUT2D eigenvalue weighted by Gasteiger charge is 2.40. The Bertz CT molecular complexity index is 272. The number of rotatable bonds is 2. The van der Waals surface area contributed by atoms with Crippen molar-refractivity contribution >= 4 is 5.82 Å². The molecule has 4 heteroatoms. The number of ether oxygens (including phenoxy) is 1. The van der Waals surface area contributed by atoms with Gasteiger partial charge in [-0.1, -0.05) is 6.92 Å². The van der Waals surface area contributed by atoms with Gasteiger partial charge in [-0.25, -0.2) is 0 Å². The van der Waals surface area contributed by atoms with Crippen LogP contribution in [0.3, 0.4) is 0 Å². The number of hydrogen-bond acceptors (Lipinski definition) is 3. The molecule has 1 aliphatic heterocycles. The Hall–Kier alpha value is -1.03. The van der Waals surface area contributed by atoms with Crippen LogP contribution in [0.2, 0.25) is 0 Å². The van der Waals surface area contributed by atoms with Crippen molar-refractivity contribution in [3.63, 3.8) is 0 Å². The zero-order valence-electron chi connectivity index (χ0n) is 7.13. The van der Waals surface area contributed by atoms with Crippen molar-refractivity contribution in [2.24, 2.45) is 0 Å². The van der Waals surface area contributed by atoms with Gasteiger partial charge in [0.25, 0.3) is 0 Å². The number of hydrogen-bond donors (Lipinski definition) is 2. The topological polar surface area (TPSA) is 63.9 Å². The Morgan fingerprint density at radius 1 is 1.75 bits per heavy atom. The van der Waals surface area contributed by atoms with Gasteiger partial charge in [-0.2, -0.15) is 5.10 Å². The molecule has 0 aliphatic carbocycles. The van der Waals surface area contributed by atoms with Crippen LogP contribution < -0.4 is 5.73 Å². The second-order valence-corrected chi connectivity index (χ2v) is 3.33. The van der Waals surface area contributed by atoms with Gasteiger partial charge in [-0.05, 0) is 6.42 Å². The first-order valence-corrected chi connectivity index (χ1v) is 4.16. The molecule has 66 valence electrons. The van der Waals surface area contributed by atoms with Crippen LogP contribution in [0.1, 0.15) is 19.0 Å². The van der Waals surface area contributed by atoms with Crippen LogP contribution in [0.5, 0.6) is 0 Å². The Labute approximate surface area is 71.1 Å². The summed E-state index contributed by atoms with van der Waals surface area (Å²) >= 11 is 0. The number of H-pyrrole nitrogens is 1. The van der Waals surface area contributed by atoms with Crippen molar-refractivity contribution < 1.29 is 4.74 Å². The van der Waals surface area contributed by atoms with E-state index in [1.54, 1.807) is 0 Å². The first kappa shape index (κ1) is 7.61. The van der Waals surface area contributed by atoms with Gasteiger partial charge in [-0.15, -0.1) is 0 Å². The zero-order chi connectivity index (χ0) is 8.60. The second-order valence-electron chi connectivity index (χ2n) is 3.33. The van der Waals surface area contributed by atoms with Crippen LogP contribution in [-0.2, 0) is 10.2 Å². The summed E-state index contributed by atoms with van der Waals surface area (Å²) < 4.78 is 5.20. The summed E-state index contributed by atoms with van der Waals surface area (Å²) in [6.45, 7) is 3.72. The first-order valence-electron chi connectivity index (χ1n) is 4.16. The number of nitrogens with zero attached hydrogens (tertiary/aromatic N) is 1. The molecule has 4 nitrogen and oxygen atoms in total. The van der Waals surface area contributed by atoms with Crippen molar-refractivity contribution in [2.45, 2.75) is 18.8 Å². The summed E-state index contributed by atoms with van der Waals surface area (Å²) in [6, 6.07) is 1.89. The average molecular weight is 167 g/mol. The normalized spacial score (nSPS) is 20.4. The van der Waals surface area contributed by atoms with Gasteiger partial charge >= 0.3 is 0 Å². The Balaban J connectivity index is 2.27. The summed E-state index contributed by atoms with van der Waals surface area (Å²) in [7, 11) is 0. The largest absolute Gasteiger partial charge is 0.382 e. The lowest BCUT2D eigenvalue weighted by molar-refractivity contribution is -0.0641. The van der Waals surface area contributed by atoms with E-state index in [2.05, 4.69) is 17.1 Å². The molecule has 1 aliphatic rings. The van der Waals surface area contributed by atoms with E-state index in [1.807, 2.05) is 6.07 Å². The molecular weight excluding hydrogens is 154 g/mol. The van der Waals surface area contributed by atoms with Crippen LogP contribution in [0, 0.1) is 0 Å². The zero-order valence-corrected chi connectivity index (χ0v) is 7.13. The number of nitrogens with one attached hydrogen (secondary N) is 1. The van der Waals surface area contributed by atoms with Crippen LogP contribution >= 0.6 is 0 Å². The van der Waals surface area contributed by atoms with Gasteiger partial charge in [-0.3, -0.25) is 5.10 Å². The van der Waals surface area contributed by atoms with E-state index < -0.39 is 0 Å². The van der Waals surface area contributed by atoms with Crippen molar-refractivity contribution in [1.29, 1.82) is 0 Å². The van der Waals surface area contributed by atoms with E-state index in [4.69, 9.17) is 10.5 Å². The minimum absolute atomic E-state index is 0.157. The van der Waals surface area contributed by atoms with Gasteiger partial charge in [0, 0.05) is 11.8 Å². The molecule has 1 fully saturated rings. The number of nitrogens with two attached hydrogens (primary N) is 1. The monoisotopic (exact) mass is 167 g/mol. The minimum atomic E-state index is 0.157. The molecule has 0 saturated carbocycles. The Kier molecular flexibility index (Phi) is 1.58. The summed E-state index contributed by atoms with van der Waals surface area (Å²) in [6.07, 6.45) is 1.06. The summed E-state index contributed by atoms with van der Waals surface area (Å²) in [5.74, 6) is 0.560.